The Morgan fingerprint density at radius 2 is 1.82 bits per heavy atom. The number of amides is 1. The normalized spacial score (nSPS) is 15.2. The third kappa shape index (κ3) is 3.06. The Hall–Kier alpha value is -3.91. The third-order valence-corrected chi connectivity index (χ3v) is 6.31. The molecule has 0 aliphatic carbocycles. The van der Waals surface area contributed by atoms with E-state index in [0.717, 1.165) is 27.4 Å². The minimum Gasteiger partial charge on any atom is -0.493 e. The Kier molecular flexibility index (Phi) is 5.02. The standard InChI is InChI=1S/C25H25N3O5/c1-31-20-9-13-8-18(27-22(13)24(33-3)23(20)32-2)25(30)28-11-14(12-29)21-16-7-5-4-6-15(16)17(26)10-19(21)28/h4-10,14,27,29H,11-12,26H2,1-3H3. The maximum absolute atomic E-state index is 13.7. The van der Waals surface area contributed by atoms with E-state index in [9.17, 15) is 9.90 Å². The number of hydrogen-bond acceptors (Lipinski definition) is 6. The maximum atomic E-state index is 13.7. The summed E-state index contributed by atoms with van der Waals surface area (Å²) in [6.45, 7) is 0.289. The second-order valence-corrected chi connectivity index (χ2v) is 8.03. The SMILES string of the molecule is COc1cc2cc(C(=O)N3CC(CO)c4c3cc(N)c3ccccc43)[nH]c2c(OC)c1OC. The van der Waals surface area contributed by atoms with Gasteiger partial charge in [-0.05, 0) is 29.1 Å². The molecule has 4 N–H and O–H groups in total. The Balaban J connectivity index is 1.64. The number of methoxy groups -OCH3 is 3. The zero-order chi connectivity index (χ0) is 23.3. The summed E-state index contributed by atoms with van der Waals surface area (Å²) in [7, 11) is 4.62. The molecule has 0 fully saturated rings. The van der Waals surface area contributed by atoms with Crippen LogP contribution in [0.15, 0.2) is 42.5 Å². The lowest BCUT2D eigenvalue weighted by Crippen LogP contribution is -2.30. The zero-order valence-corrected chi connectivity index (χ0v) is 18.6. The predicted molar refractivity (Wildman–Crippen MR) is 128 cm³/mol. The molecule has 1 aliphatic heterocycles. The number of fused-ring (bicyclic) bond motifs is 4. The summed E-state index contributed by atoms with van der Waals surface area (Å²) >= 11 is 0. The highest BCUT2D eigenvalue weighted by Gasteiger charge is 2.35. The van der Waals surface area contributed by atoms with E-state index in [0.29, 0.717) is 40.7 Å². The number of ether oxygens (including phenoxy) is 3. The fourth-order valence-electron chi connectivity index (χ4n) is 4.82. The van der Waals surface area contributed by atoms with Crippen LogP contribution in [0.2, 0.25) is 0 Å². The molecule has 0 radical (unpaired) electrons. The van der Waals surface area contributed by atoms with Crippen molar-refractivity contribution < 1.29 is 24.1 Å². The molecule has 0 saturated heterocycles. The molecule has 170 valence electrons. The number of aromatic amines is 1. The Morgan fingerprint density at radius 1 is 1.09 bits per heavy atom. The number of anilines is 2. The van der Waals surface area contributed by atoms with Gasteiger partial charge in [0, 0.05) is 28.9 Å². The highest BCUT2D eigenvalue weighted by Crippen LogP contribution is 2.45. The number of nitrogen functional groups attached to an aromatic ring is 1. The molecular weight excluding hydrogens is 422 g/mol. The first-order valence-corrected chi connectivity index (χ1v) is 10.6. The number of nitrogens with one attached hydrogen (secondary N) is 1. The van der Waals surface area contributed by atoms with Gasteiger partial charge >= 0.3 is 0 Å². The van der Waals surface area contributed by atoms with Crippen LogP contribution in [0.5, 0.6) is 17.2 Å². The van der Waals surface area contributed by atoms with Crippen LogP contribution in [-0.2, 0) is 0 Å². The van der Waals surface area contributed by atoms with E-state index in [1.165, 1.54) is 14.2 Å². The summed E-state index contributed by atoms with van der Waals surface area (Å²) in [5.41, 5.74) is 9.59. The molecule has 4 aromatic rings. The van der Waals surface area contributed by atoms with Gasteiger partial charge < -0.3 is 34.9 Å². The molecule has 0 bridgehead atoms. The quantitative estimate of drug-likeness (QED) is 0.403. The maximum Gasteiger partial charge on any atom is 0.274 e. The first kappa shape index (κ1) is 21.0. The van der Waals surface area contributed by atoms with Crippen molar-refractivity contribution in [2.45, 2.75) is 5.92 Å². The van der Waals surface area contributed by atoms with Gasteiger partial charge in [0.25, 0.3) is 5.91 Å². The van der Waals surface area contributed by atoms with Gasteiger partial charge in [-0.15, -0.1) is 0 Å². The van der Waals surface area contributed by atoms with Crippen molar-refractivity contribution in [2.24, 2.45) is 0 Å². The first-order chi connectivity index (χ1) is 16.0. The second-order valence-electron chi connectivity index (χ2n) is 8.03. The number of aliphatic hydroxyl groups excluding tert-OH is 1. The molecule has 5 rings (SSSR count). The average Bonchev–Trinajstić information content (AvgIpc) is 3.43. The van der Waals surface area contributed by atoms with Crippen molar-refractivity contribution in [3.05, 3.63) is 53.7 Å². The van der Waals surface area contributed by atoms with Crippen molar-refractivity contribution >= 4 is 39.0 Å². The van der Waals surface area contributed by atoms with Gasteiger partial charge in [0.15, 0.2) is 11.5 Å². The van der Waals surface area contributed by atoms with Crippen molar-refractivity contribution in [3.63, 3.8) is 0 Å². The molecule has 1 atom stereocenters. The molecule has 0 saturated carbocycles. The van der Waals surface area contributed by atoms with E-state index >= 15 is 0 Å². The second kappa shape index (κ2) is 7.90. The number of carbonyl (C=O) groups is 1. The molecule has 1 aliphatic rings. The summed E-state index contributed by atoms with van der Waals surface area (Å²) < 4.78 is 16.4. The molecule has 8 heteroatoms. The highest BCUT2D eigenvalue weighted by molar-refractivity contribution is 6.12. The number of H-pyrrole nitrogens is 1. The Labute approximate surface area is 190 Å². The Morgan fingerprint density at radius 3 is 2.48 bits per heavy atom. The van der Waals surface area contributed by atoms with Crippen LogP contribution >= 0.6 is 0 Å². The van der Waals surface area contributed by atoms with Crippen LogP contribution < -0.4 is 24.8 Å². The number of benzene rings is 3. The van der Waals surface area contributed by atoms with Crippen LogP contribution in [0, 0.1) is 0 Å². The number of rotatable bonds is 5. The molecule has 1 unspecified atom stereocenters. The predicted octanol–water partition coefficient (Wildman–Crippen LogP) is 3.67. The fourth-order valence-corrected chi connectivity index (χ4v) is 4.82. The number of hydrogen-bond donors (Lipinski definition) is 3. The number of aromatic nitrogens is 1. The minimum atomic E-state index is -0.224. The van der Waals surface area contributed by atoms with E-state index in [1.807, 2.05) is 30.3 Å². The van der Waals surface area contributed by atoms with Crippen molar-refractivity contribution in [1.29, 1.82) is 0 Å². The molecule has 3 aromatic carbocycles. The van der Waals surface area contributed by atoms with Gasteiger partial charge in [-0.2, -0.15) is 0 Å². The van der Waals surface area contributed by atoms with E-state index in [2.05, 4.69) is 4.98 Å². The largest absolute Gasteiger partial charge is 0.493 e. The average molecular weight is 447 g/mol. The monoisotopic (exact) mass is 447 g/mol. The molecular formula is C25H25N3O5. The first-order valence-electron chi connectivity index (χ1n) is 10.6. The lowest BCUT2D eigenvalue weighted by atomic mass is 9.94. The van der Waals surface area contributed by atoms with Crippen molar-refractivity contribution in [3.8, 4) is 17.2 Å². The van der Waals surface area contributed by atoms with Gasteiger partial charge in [-0.3, -0.25) is 4.79 Å². The Bertz CT molecular complexity index is 1390. The van der Waals surface area contributed by atoms with E-state index in [-0.39, 0.29) is 18.4 Å². The lowest BCUT2D eigenvalue weighted by Gasteiger charge is -2.18. The highest BCUT2D eigenvalue weighted by atomic mass is 16.5. The van der Waals surface area contributed by atoms with Gasteiger partial charge in [0.2, 0.25) is 5.75 Å². The van der Waals surface area contributed by atoms with Crippen LogP contribution in [0.1, 0.15) is 22.0 Å². The minimum absolute atomic E-state index is 0.0698. The summed E-state index contributed by atoms with van der Waals surface area (Å²) in [6.07, 6.45) is 0. The van der Waals surface area contributed by atoms with E-state index in [4.69, 9.17) is 19.9 Å². The summed E-state index contributed by atoms with van der Waals surface area (Å²) in [6, 6.07) is 13.2. The van der Waals surface area contributed by atoms with Crippen LogP contribution in [-0.4, -0.2) is 50.5 Å². The van der Waals surface area contributed by atoms with Gasteiger partial charge in [0.1, 0.15) is 5.69 Å². The molecule has 2 heterocycles. The van der Waals surface area contributed by atoms with Gasteiger partial charge in [-0.1, -0.05) is 24.3 Å². The van der Waals surface area contributed by atoms with Crippen molar-refractivity contribution in [2.75, 3.05) is 45.1 Å². The molecule has 33 heavy (non-hydrogen) atoms. The van der Waals surface area contributed by atoms with Gasteiger partial charge in [-0.25, -0.2) is 0 Å². The zero-order valence-electron chi connectivity index (χ0n) is 18.6. The number of nitrogens with two attached hydrogens (primary N) is 1. The number of carbonyl (C=O) groups excluding carboxylic acids is 1. The van der Waals surface area contributed by atoms with Crippen LogP contribution in [0.25, 0.3) is 21.7 Å². The van der Waals surface area contributed by atoms with Gasteiger partial charge in [0.05, 0.1) is 39.1 Å². The lowest BCUT2D eigenvalue weighted by molar-refractivity contribution is 0.0983. The summed E-state index contributed by atoms with van der Waals surface area (Å²) in [5.74, 6) is 0.980. The molecule has 1 aromatic heterocycles. The number of aliphatic hydroxyl groups is 1. The topological polar surface area (TPSA) is 110 Å². The molecule has 1 amide bonds. The number of nitrogens with zero attached hydrogens (tertiary/aromatic N) is 1. The van der Waals surface area contributed by atoms with Crippen LogP contribution in [0.4, 0.5) is 11.4 Å². The van der Waals surface area contributed by atoms with E-state index < -0.39 is 0 Å². The third-order valence-electron chi connectivity index (χ3n) is 6.31. The summed E-state index contributed by atoms with van der Waals surface area (Å²) in [4.78, 5) is 18.5. The molecule has 8 nitrogen and oxygen atoms in total. The smallest absolute Gasteiger partial charge is 0.274 e. The van der Waals surface area contributed by atoms with Crippen molar-refractivity contribution in [1.82, 2.24) is 4.98 Å². The van der Waals surface area contributed by atoms with E-state index in [1.54, 1.807) is 24.1 Å². The summed E-state index contributed by atoms with van der Waals surface area (Å²) in [5, 5.41) is 12.7. The van der Waals surface area contributed by atoms with Crippen LogP contribution in [0.3, 0.4) is 0 Å². The fraction of sp³-hybridized carbons (Fsp3) is 0.240. The molecule has 0 spiro atoms.